The Morgan fingerprint density at radius 2 is 2.10 bits per heavy atom. The second kappa shape index (κ2) is 10.8. The number of ether oxygens (including phenoxy) is 1. The van der Waals surface area contributed by atoms with Crippen LogP contribution >= 0.6 is 27.3 Å². The highest BCUT2D eigenvalue weighted by molar-refractivity contribution is 9.10. The minimum Gasteiger partial charge on any atom is -0.489 e. The summed E-state index contributed by atoms with van der Waals surface area (Å²) in [6, 6.07) is 17.9. The molecule has 30 heavy (non-hydrogen) atoms. The van der Waals surface area contributed by atoms with Crippen LogP contribution in [0.4, 0.5) is 5.13 Å². The maximum atomic E-state index is 12.1. The standard InChI is InChI=1S/C22H21BrN4O2S/c1-2-27(22-26-13-20(30-22)21(28)25-11-10-24)14-17-12-18(23)8-9-19(17)29-15-16-6-4-3-5-7-16/h3-9,12-13H,2,11,14-15H2,1H3,(H,25,28). The smallest absolute Gasteiger partial charge is 0.263 e. The first-order chi connectivity index (χ1) is 14.6. The van der Waals surface area contributed by atoms with Gasteiger partial charge in [0, 0.05) is 23.1 Å². The predicted molar refractivity (Wildman–Crippen MR) is 122 cm³/mol. The molecule has 0 radical (unpaired) electrons. The molecule has 0 spiro atoms. The van der Waals surface area contributed by atoms with Crippen molar-refractivity contribution in [3.8, 4) is 11.8 Å². The zero-order valence-electron chi connectivity index (χ0n) is 16.5. The molecule has 0 aliphatic rings. The van der Waals surface area contributed by atoms with E-state index in [1.165, 1.54) is 11.3 Å². The lowest BCUT2D eigenvalue weighted by Gasteiger charge is -2.22. The van der Waals surface area contributed by atoms with Crippen molar-refractivity contribution < 1.29 is 9.53 Å². The molecule has 0 saturated heterocycles. The number of thiazole rings is 1. The first kappa shape index (κ1) is 21.8. The molecule has 6 nitrogen and oxygen atoms in total. The van der Waals surface area contributed by atoms with Crippen LogP contribution in [0.15, 0.2) is 59.2 Å². The highest BCUT2D eigenvalue weighted by atomic mass is 79.9. The first-order valence-electron chi connectivity index (χ1n) is 9.41. The van der Waals surface area contributed by atoms with Crippen LogP contribution in [0.2, 0.25) is 0 Å². The van der Waals surface area contributed by atoms with Crippen LogP contribution in [0.1, 0.15) is 27.7 Å². The topological polar surface area (TPSA) is 78.2 Å². The van der Waals surface area contributed by atoms with E-state index < -0.39 is 0 Å². The molecule has 154 valence electrons. The summed E-state index contributed by atoms with van der Waals surface area (Å²) in [6.45, 7) is 3.81. The van der Waals surface area contributed by atoms with E-state index in [4.69, 9.17) is 10.00 Å². The van der Waals surface area contributed by atoms with Crippen molar-refractivity contribution in [3.63, 3.8) is 0 Å². The van der Waals surface area contributed by atoms with Crippen molar-refractivity contribution in [2.75, 3.05) is 18.0 Å². The highest BCUT2D eigenvalue weighted by Crippen LogP contribution is 2.29. The highest BCUT2D eigenvalue weighted by Gasteiger charge is 2.16. The van der Waals surface area contributed by atoms with E-state index in [1.807, 2.05) is 61.5 Å². The number of nitriles is 1. The van der Waals surface area contributed by atoms with E-state index in [0.717, 1.165) is 33.0 Å². The lowest BCUT2D eigenvalue weighted by Crippen LogP contribution is -2.23. The average Bonchev–Trinajstić information content (AvgIpc) is 3.26. The van der Waals surface area contributed by atoms with Crippen molar-refractivity contribution in [2.45, 2.75) is 20.1 Å². The average molecular weight is 485 g/mol. The summed E-state index contributed by atoms with van der Waals surface area (Å²) in [5, 5.41) is 11.9. The van der Waals surface area contributed by atoms with Gasteiger partial charge in [0.25, 0.3) is 5.91 Å². The predicted octanol–water partition coefficient (Wildman–Crippen LogP) is 4.76. The summed E-state index contributed by atoms with van der Waals surface area (Å²) >= 11 is 4.85. The molecule has 1 amide bonds. The van der Waals surface area contributed by atoms with Crippen LogP contribution in [0.3, 0.4) is 0 Å². The summed E-state index contributed by atoms with van der Waals surface area (Å²) in [6.07, 6.45) is 1.54. The molecule has 0 unspecified atom stereocenters. The molecule has 0 aliphatic heterocycles. The van der Waals surface area contributed by atoms with Gasteiger partial charge in [0.05, 0.1) is 12.3 Å². The van der Waals surface area contributed by atoms with E-state index in [1.54, 1.807) is 6.20 Å². The van der Waals surface area contributed by atoms with Crippen molar-refractivity contribution in [2.24, 2.45) is 0 Å². The third-order valence-corrected chi connectivity index (χ3v) is 5.87. The summed E-state index contributed by atoms with van der Waals surface area (Å²) < 4.78 is 7.06. The molecule has 1 N–H and O–H groups in total. The fraction of sp³-hybridized carbons (Fsp3) is 0.227. The zero-order valence-corrected chi connectivity index (χ0v) is 18.9. The molecule has 0 fully saturated rings. The normalized spacial score (nSPS) is 10.3. The summed E-state index contributed by atoms with van der Waals surface area (Å²) in [4.78, 5) is 19.0. The number of nitrogens with zero attached hydrogens (tertiary/aromatic N) is 3. The first-order valence-corrected chi connectivity index (χ1v) is 11.0. The van der Waals surface area contributed by atoms with Gasteiger partial charge in [-0.15, -0.1) is 0 Å². The van der Waals surface area contributed by atoms with Crippen LogP contribution in [0.5, 0.6) is 5.75 Å². The quantitative estimate of drug-likeness (QED) is 0.442. The van der Waals surface area contributed by atoms with E-state index in [2.05, 4.69) is 31.1 Å². The summed E-state index contributed by atoms with van der Waals surface area (Å²) in [7, 11) is 0. The summed E-state index contributed by atoms with van der Waals surface area (Å²) in [5.74, 6) is 0.523. The monoisotopic (exact) mass is 484 g/mol. The Bertz CT molecular complexity index is 1030. The number of carbonyl (C=O) groups is 1. The lowest BCUT2D eigenvalue weighted by atomic mass is 10.2. The molecule has 2 aromatic carbocycles. The van der Waals surface area contributed by atoms with Gasteiger partial charge in [0.15, 0.2) is 5.13 Å². The Morgan fingerprint density at radius 3 is 2.83 bits per heavy atom. The van der Waals surface area contributed by atoms with Gasteiger partial charge in [-0.25, -0.2) is 4.98 Å². The van der Waals surface area contributed by atoms with Gasteiger partial charge in [-0.2, -0.15) is 5.26 Å². The number of aromatic nitrogens is 1. The Hall–Kier alpha value is -2.89. The molecule has 0 atom stereocenters. The lowest BCUT2D eigenvalue weighted by molar-refractivity contribution is 0.0962. The number of amides is 1. The minimum absolute atomic E-state index is 0.0241. The van der Waals surface area contributed by atoms with Crippen LogP contribution in [0.25, 0.3) is 0 Å². The van der Waals surface area contributed by atoms with Crippen molar-refractivity contribution >= 4 is 38.3 Å². The Balaban J connectivity index is 1.75. The molecule has 1 aromatic heterocycles. The number of hydrogen-bond donors (Lipinski definition) is 1. The van der Waals surface area contributed by atoms with E-state index in [9.17, 15) is 4.79 Å². The Labute approximate surface area is 188 Å². The Morgan fingerprint density at radius 1 is 1.30 bits per heavy atom. The fourth-order valence-corrected chi connectivity index (χ4v) is 4.09. The van der Waals surface area contributed by atoms with Crippen LogP contribution in [-0.4, -0.2) is 24.0 Å². The number of nitrogens with one attached hydrogen (secondary N) is 1. The molecule has 3 aromatic rings. The van der Waals surface area contributed by atoms with Gasteiger partial charge >= 0.3 is 0 Å². The van der Waals surface area contributed by atoms with Gasteiger partial charge < -0.3 is 15.0 Å². The van der Waals surface area contributed by atoms with Gasteiger partial charge in [-0.05, 0) is 30.7 Å². The van der Waals surface area contributed by atoms with Crippen molar-refractivity contribution in [3.05, 3.63) is 75.2 Å². The minimum atomic E-state index is -0.286. The second-order valence-electron chi connectivity index (χ2n) is 6.39. The van der Waals surface area contributed by atoms with Gasteiger partial charge in [0.1, 0.15) is 23.8 Å². The molecule has 8 heteroatoms. The van der Waals surface area contributed by atoms with Gasteiger partial charge in [-0.1, -0.05) is 57.6 Å². The van der Waals surface area contributed by atoms with Crippen LogP contribution in [0, 0.1) is 11.3 Å². The second-order valence-corrected chi connectivity index (χ2v) is 8.31. The number of rotatable bonds is 9. The zero-order chi connectivity index (χ0) is 21.3. The molecular formula is C22H21BrN4O2S. The molecule has 0 aliphatic carbocycles. The number of carbonyl (C=O) groups excluding carboxylic acids is 1. The van der Waals surface area contributed by atoms with E-state index in [0.29, 0.717) is 18.0 Å². The Kier molecular flexibility index (Phi) is 7.82. The molecular weight excluding hydrogens is 464 g/mol. The van der Waals surface area contributed by atoms with Crippen molar-refractivity contribution in [1.29, 1.82) is 5.26 Å². The third-order valence-electron chi connectivity index (χ3n) is 4.32. The summed E-state index contributed by atoms with van der Waals surface area (Å²) in [5.41, 5.74) is 2.12. The largest absolute Gasteiger partial charge is 0.489 e. The van der Waals surface area contributed by atoms with E-state index in [-0.39, 0.29) is 12.5 Å². The number of halogens is 1. The molecule has 0 bridgehead atoms. The SMILES string of the molecule is CCN(Cc1cc(Br)ccc1OCc1ccccc1)c1ncc(C(=O)NCC#N)s1. The van der Waals surface area contributed by atoms with Crippen LogP contribution < -0.4 is 15.0 Å². The maximum absolute atomic E-state index is 12.1. The number of anilines is 1. The van der Waals surface area contributed by atoms with Crippen LogP contribution in [-0.2, 0) is 13.2 Å². The van der Waals surface area contributed by atoms with Crippen molar-refractivity contribution in [1.82, 2.24) is 10.3 Å². The van der Waals surface area contributed by atoms with Gasteiger partial charge in [-0.3, -0.25) is 4.79 Å². The molecule has 0 saturated carbocycles. The number of hydrogen-bond acceptors (Lipinski definition) is 6. The molecule has 3 rings (SSSR count). The maximum Gasteiger partial charge on any atom is 0.263 e. The number of benzene rings is 2. The van der Waals surface area contributed by atoms with Gasteiger partial charge in [0.2, 0.25) is 0 Å². The van der Waals surface area contributed by atoms with E-state index >= 15 is 0 Å². The fourth-order valence-electron chi connectivity index (χ4n) is 2.79. The molecule has 1 heterocycles. The third kappa shape index (κ3) is 5.81.